The zero-order valence-corrected chi connectivity index (χ0v) is 24.0. The van der Waals surface area contributed by atoms with E-state index in [4.69, 9.17) is 9.72 Å². The molecule has 0 saturated heterocycles. The number of anilines is 2. The number of esters is 1. The van der Waals surface area contributed by atoms with Crippen LogP contribution in [0.4, 0.5) is 16.5 Å². The predicted octanol–water partition coefficient (Wildman–Crippen LogP) is 8.08. The molecule has 1 N–H and O–H groups in total. The monoisotopic (exact) mass is 549 g/mol. The molecule has 0 unspecified atom stereocenters. The Morgan fingerprint density at radius 3 is 2.82 bits per heavy atom. The summed E-state index contributed by atoms with van der Waals surface area (Å²) in [6, 6.07) is 6.75. The number of nitro groups is 1. The second kappa shape index (κ2) is 10.0. The number of carbonyl (C=O) groups is 1. The highest BCUT2D eigenvalue weighted by atomic mass is 32.1. The molecule has 0 spiro atoms. The smallest absolute Gasteiger partial charge is 0.306 e. The summed E-state index contributed by atoms with van der Waals surface area (Å²) in [6.45, 7) is 6.97. The van der Waals surface area contributed by atoms with E-state index >= 15 is 0 Å². The molecular weight excluding hydrogens is 510 g/mol. The molecule has 6 rings (SSSR count). The number of allylic oxidation sites excluding steroid dienone is 2. The number of thiazole rings is 1. The van der Waals surface area contributed by atoms with Crippen molar-refractivity contribution in [2.24, 2.45) is 28.6 Å². The fourth-order valence-corrected chi connectivity index (χ4v) is 9.67. The van der Waals surface area contributed by atoms with Crippen molar-refractivity contribution in [1.82, 2.24) is 4.98 Å². The van der Waals surface area contributed by atoms with Crippen LogP contribution in [0.15, 0.2) is 30.3 Å². The highest BCUT2D eigenvalue weighted by molar-refractivity contribution is 7.16. The van der Waals surface area contributed by atoms with E-state index < -0.39 is 0 Å². The number of rotatable bonds is 7. The number of aromatic nitrogens is 1. The first-order chi connectivity index (χ1) is 18.7. The van der Waals surface area contributed by atoms with Gasteiger partial charge in [0.25, 0.3) is 5.69 Å². The van der Waals surface area contributed by atoms with Gasteiger partial charge in [-0.15, -0.1) is 0 Å². The van der Waals surface area contributed by atoms with Gasteiger partial charge in [-0.2, -0.15) is 0 Å². The second-order valence-corrected chi connectivity index (χ2v) is 13.5. The van der Waals surface area contributed by atoms with Crippen molar-refractivity contribution in [2.45, 2.75) is 91.1 Å². The normalized spacial score (nSPS) is 32.7. The second-order valence-electron chi connectivity index (χ2n) is 12.5. The minimum atomic E-state index is -0.354. The summed E-state index contributed by atoms with van der Waals surface area (Å²) in [5, 5.41) is 15.5. The lowest BCUT2D eigenvalue weighted by Crippen LogP contribution is -2.50. The zero-order valence-electron chi connectivity index (χ0n) is 23.2. The molecule has 2 fully saturated rings. The summed E-state index contributed by atoms with van der Waals surface area (Å²) in [7, 11) is 0. The number of hydrogen-bond acceptors (Lipinski definition) is 7. The number of nitrogens with zero attached hydrogens (tertiary/aromatic N) is 2. The average Bonchev–Trinajstić information content (AvgIpc) is 3.47. The van der Waals surface area contributed by atoms with Crippen molar-refractivity contribution in [3.8, 4) is 0 Å². The molecule has 2 saturated carbocycles. The highest BCUT2D eigenvalue weighted by Crippen LogP contribution is 2.66. The molecule has 0 amide bonds. The lowest BCUT2D eigenvalue weighted by Gasteiger charge is -2.56. The van der Waals surface area contributed by atoms with Crippen LogP contribution in [0.5, 0.6) is 0 Å². The van der Waals surface area contributed by atoms with Crippen LogP contribution in [0.1, 0.15) is 89.1 Å². The van der Waals surface area contributed by atoms with E-state index in [1.807, 2.05) is 0 Å². The number of nitro benzene ring substituents is 1. The summed E-state index contributed by atoms with van der Waals surface area (Å²) in [5.41, 5.74) is 3.27. The van der Waals surface area contributed by atoms with Gasteiger partial charge >= 0.3 is 5.97 Å². The van der Waals surface area contributed by atoms with Gasteiger partial charge in [0.2, 0.25) is 0 Å². The molecule has 8 heteroatoms. The van der Waals surface area contributed by atoms with Crippen molar-refractivity contribution in [3.63, 3.8) is 0 Å². The Balaban J connectivity index is 1.24. The van der Waals surface area contributed by atoms with Gasteiger partial charge in [0.1, 0.15) is 11.8 Å². The van der Waals surface area contributed by atoms with Crippen molar-refractivity contribution in [2.75, 3.05) is 5.32 Å². The maximum absolute atomic E-state index is 12.5. The molecule has 208 valence electrons. The Hall–Kier alpha value is -2.74. The van der Waals surface area contributed by atoms with Gasteiger partial charge < -0.3 is 10.1 Å². The topological polar surface area (TPSA) is 94.4 Å². The van der Waals surface area contributed by atoms with Crippen LogP contribution >= 0.6 is 11.3 Å². The van der Waals surface area contributed by atoms with E-state index in [9.17, 15) is 14.9 Å². The number of carbonyl (C=O) groups excluding carboxylic acids is 1. The predicted molar refractivity (Wildman–Crippen MR) is 154 cm³/mol. The third-order valence-corrected chi connectivity index (χ3v) is 11.6. The molecule has 4 aliphatic rings. The SMILES string of the molecule is CCCCC(=O)O[C@H]1CC[C@H]2[C@@H]3CC=C4c5sc(Nc6ccccc6[N+](=O)[O-])nc5CC[C@]4(C)[C@H]3CC[C@]12C. The standard InChI is InChI=1S/C31H39N3O4S/c1-4-5-10-27(35)38-26-14-13-20-19-11-12-22-28-24(16-18-30(22,2)21(19)15-17-31(20,26)3)33-29(39-28)32-23-8-6-7-9-25(23)34(36)37/h6-9,12,19-21,26H,4-5,10-11,13-18H2,1-3H3,(H,32,33)/t19-,20-,21-,26-,30+,31-/m0/s1. The molecule has 4 aliphatic carbocycles. The van der Waals surface area contributed by atoms with Gasteiger partial charge in [0.05, 0.1) is 15.5 Å². The Morgan fingerprint density at radius 1 is 1.21 bits per heavy atom. The summed E-state index contributed by atoms with van der Waals surface area (Å²) >= 11 is 1.64. The van der Waals surface area contributed by atoms with Gasteiger partial charge in [-0.1, -0.05) is 56.7 Å². The first-order valence-corrected chi connectivity index (χ1v) is 15.5. The molecule has 0 bridgehead atoms. The van der Waals surface area contributed by atoms with Crippen LogP contribution in [0.2, 0.25) is 0 Å². The fraction of sp³-hybridized carbons (Fsp3) is 0.613. The first kappa shape index (κ1) is 26.5. The van der Waals surface area contributed by atoms with E-state index in [0.717, 1.165) is 62.2 Å². The van der Waals surface area contributed by atoms with Crippen molar-refractivity contribution >= 4 is 39.4 Å². The molecule has 1 aromatic heterocycles. The lowest BCUT2D eigenvalue weighted by atomic mass is 9.48. The number of para-hydroxylation sites is 2. The number of unbranched alkanes of at least 4 members (excludes halogenated alkanes) is 1. The zero-order chi connectivity index (χ0) is 27.4. The Morgan fingerprint density at radius 2 is 2.03 bits per heavy atom. The number of benzene rings is 1. The Bertz CT molecular complexity index is 1320. The number of fused-ring (bicyclic) bond motifs is 7. The number of nitrogens with one attached hydrogen (secondary N) is 1. The molecule has 6 atom stereocenters. The molecule has 0 radical (unpaired) electrons. The van der Waals surface area contributed by atoms with E-state index in [-0.39, 0.29) is 33.5 Å². The molecule has 7 nitrogen and oxygen atoms in total. The van der Waals surface area contributed by atoms with Crippen LogP contribution < -0.4 is 5.32 Å². The molecule has 39 heavy (non-hydrogen) atoms. The van der Waals surface area contributed by atoms with Gasteiger partial charge in [0.15, 0.2) is 5.13 Å². The van der Waals surface area contributed by atoms with Crippen molar-refractivity contribution in [1.29, 1.82) is 0 Å². The van der Waals surface area contributed by atoms with Crippen LogP contribution in [0, 0.1) is 38.7 Å². The lowest BCUT2D eigenvalue weighted by molar-refractivity contribution is -0.383. The van der Waals surface area contributed by atoms with Crippen LogP contribution in [-0.2, 0) is 16.0 Å². The number of hydrogen-bond donors (Lipinski definition) is 1. The largest absolute Gasteiger partial charge is 0.462 e. The van der Waals surface area contributed by atoms with Crippen molar-refractivity contribution in [3.05, 3.63) is 51.0 Å². The van der Waals surface area contributed by atoms with E-state index in [1.54, 1.807) is 29.5 Å². The maximum Gasteiger partial charge on any atom is 0.306 e. The summed E-state index contributed by atoms with van der Waals surface area (Å²) in [4.78, 5) is 29.8. The first-order valence-electron chi connectivity index (χ1n) is 14.6. The summed E-state index contributed by atoms with van der Waals surface area (Å²) < 4.78 is 6.11. The van der Waals surface area contributed by atoms with E-state index in [1.165, 1.54) is 22.9 Å². The average molecular weight is 550 g/mol. The number of ether oxygens (including phenoxy) is 1. The molecule has 2 aromatic rings. The fourth-order valence-electron chi connectivity index (χ4n) is 8.47. The molecule has 1 aromatic carbocycles. The molecular formula is C31H39N3O4S. The molecule has 0 aliphatic heterocycles. The Kier molecular flexibility index (Phi) is 6.81. The minimum absolute atomic E-state index is 0.0149. The summed E-state index contributed by atoms with van der Waals surface area (Å²) in [5.74, 6) is 1.82. The van der Waals surface area contributed by atoms with Gasteiger partial charge in [-0.3, -0.25) is 14.9 Å². The van der Waals surface area contributed by atoms with Crippen LogP contribution in [-0.4, -0.2) is 22.0 Å². The van der Waals surface area contributed by atoms with E-state index in [0.29, 0.717) is 29.9 Å². The van der Waals surface area contributed by atoms with Crippen LogP contribution in [0.3, 0.4) is 0 Å². The minimum Gasteiger partial charge on any atom is -0.462 e. The molecule has 1 heterocycles. The van der Waals surface area contributed by atoms with Crippen LogP contribution in [0.25, 0.3) is 5.57 Å². The number of aryl methyl sites for hydroxylation is 1. The van der Waals surface area contributed by atoms with Gasteiger partial charge in [-0.05, 0) is 86.2 Å². The third kappa shape index (κ3) is 4.39. The van der Waals surface area contributed by atoms with E-state index in [2.05, 4.69) is 32.2 Å². The highest BCUT2D eigenvalue weighted by Gasteiger charge is 2.60. The van der Waals surface area contributed by atoms with Crippen molar-refractivity contribution < 1.29 is 14.5 Å². The third-order valence-electron chi connectivity index (χ3n) is 10.6. The quantitative estimate of drug-likeness (QED) is 0.213. The van der Waals surface area contributed by atoms with Gasteiger partial charge in [0, 0.05) is 17.9 Å². The maximum atomic E-state index is 12.5. The Labute approximate surface area is 234 Å². The van der Waals surface area contributed by atoms with Gasteiger partial charge in [-0.25, -0.2) is 4.98 Å². The summed E-state index contributed by atoms with van der Waals surface area (Å²) in [6.07, 6.45) is 12.5.